The number of nitrogens with one attached hydrogen (secondary N) is 1. The number of thiazole rings is 1. The Bertz CT molecular complexity index is 773. The third-order valence-electron chi connectivity index (χ3n) is 2.76. The summed E-state index contributed by atoms with van der Waals surface area (Å²) >= 11 is 1.61. The Morgan fingerprint density at radius 1 is 1.28 bits per heavy atom. The Labute approximate surface area is 108 Å². The largest absolute Gasteiger partial charge is 0.320 e. The lowest BCUT2D eigenvalue weighted by Gasteiger charge is -2.15. The van der Waals surface area contributed by atoms with Gasteiger partial charge in [-0.1, -0.05) is 0 Å². The molecule has 0 aliphatic heterocycles. The van der Waals surface area contributed by atoms with Crippen molar-refractivity contribution in [3.8, 4) is 0 Å². The van der Waals surface area contributed by atoms with Crippen molar-refractivity contribution in [3.05, 3.63) is 40.1 Å². The smallest absolute Gasteiger partial charge is 0.269 e. The first-order valence-corrected chi connectivity index (χ1v) is 6.69. The topological polar surface area (TPSA) is 46.9 Å². The van der Waals surface area contributed by atoms with Gasteiger partial charge >= 0.3 is 0 Å². The van der Waals surface area contributed by atoms with Gasteiger partial charge in [0.05, 0.1) is 21.2 Å². The van der Waals surface area contributed by atoms with E-state index in [-0.39, 0.29) is 11.6 Å². The van der Waals surface area contributed by atoms with Gasteiger partial charge in [0.2, 0.25) is 0 Å². The van der Waals surface area contributed by atoms with Gasteiger partial charge in [0.15, 0.2) is 0 Å². The molecule has 0 atom stereocenters. The van der Waals surface area contributed by atoms with Crippen molar-refractivity contribution < 1.29 is 0 Å². The second kappa shape index (κ2) is 4.10. The van der Waals surface area contributed by atoms with Gasteiger partial charge in [-0.25, -0.2) is 9.66 Å². The van der Waals surface area contributed by atoms with Gasteiger partial charge in [0, 0.05) is 17.5 Å². The lowest BCUT2D eigenvalue weighted by Crippen LogP contribution is -2.32. The van der Waals surface area contributed by atoms with Crippen LogP contribution in [0.1, 0.15) is 13.8 Å². The zero-order valence-electron chi connectivity index (χ0n) is 10.2. The Balaban J connectivity index is 2.40. The zero-order chi connectivity index (χ0) is 12.7. The van der Waals surface area contributed by atoms with Crippen molar-refractivity contribution in [1.82, 2.24) is 9.66 Å². The van der Waals surface area contributed by atoms with E-state index in [0.717, 1.165) is 21.1 Å². The van der Waals surface area contributed by atoms with E-state index in [1.54, 1.807) is 22.1 Å². The van der Waals surface area contributed by atoms with Crippen LogP contribution in [-0.2, 0) is 0 Å². The maximum Gasteiger partial charge on any atom is 0.269 e. The van der Waals surface area contributed by atoms with Crippen molar-refractivity contribution >= 4 is 32.5 Å². The molecule has 0 aliphatic rings. The van der Waals surface area contributed by atoms with Crippen LogP contribution in [0.4, 0.5) is 0 Å². The van der Waals surface area contributed by atoms with Gasteiger partial charge in [-0.3, -0.25) is 4.79 Å². The Morgan fingerprint density at radius 3 is 2.89 bits per heavy atom. The van der Waals surface area contributed by atoms with Crippen LogP contribution < -0.4 is 11.0 Å². The van der Waals surface area contributed by atoms with Crippen LogP contribution in [0.25, 0.3) is 21.1 Å². The molecule has 0 spiro atoms. The molecule has 2 heterocycles. The summed E-state index contributed by atoms with van der Waals surface area (Å²) in [4.78, 5) is 16.3. The van der Waals surface area contributed by atoms with Crippen LogP contribution in [0.5, 0.6) is 0 Å². The monoisotopic (exact) mass is 259 g/mol. The van der Waals surface area contributed by atoms with E-state index in [2.05, 4.69) is 10.4 Å². The van der Waals surface area contributed by atoms with E-state index in [4.69, 9.17) is 0 Å². The predicted molar refractivity (Wildman–Crippen MR) is 75.9 cm³/mol. The molecule has 18 heavy (non-hydrogen) atoms. The highest BCUT2D eigenvalue weighted by Gasteiger charge is 2.08. The molecule has 0 bridgehead atoms. The van der Waals surface area contributed by atoms with Gasteiger partial charge in [0.25, 0.3) is 5.56 Å². The van der Waals surface area contributed by atoms with Crippen LogP contribution in [0.15, 0.2) is 34.6 Å². The highest BCUT2D eigenvalue weighted by molar-refractivity contribution is 7.16. The third kappa shape index (κ3) is 1.67. The fourth-order valence-corrected chi connectivity index (χ4v) is 2.73. The molecule has 0 saturated heterocycles. The normalized spacial score (nSPS) is 11.5. The molecular formula is C13H13N3OS. The Kier molecular flexibility index (Phi) is 2.56. The molecule has 3 rings (SSSR count). The van der Waals surface area contributed by atoms with Crippen molar-refractivity contribution in [2.75, 3.05) is 5.43 Å². The molecular weight excluding hydrogens is 246 g/mol. The molecule has 0 saturated carbocycles. The van der Waals surface area contributed by atoms with Crippen molar-refractivity contribution in [2.45, 2.75) is 19.9 Å². The number of nitrogens with zero attached hydrogens (tertiary/aromatic N) is 2. The average molecular weight is 259 g/mol. The first-order valence-electron chi connectivity index (χ1n) is 5.81. The van der Waals surface area contributed by atoms with Crippen LogP contribution in [0, 0.1) is 0 Å². The second-order valence-electron chi connectivity index (χ2n) is 4.49. The zero-order valence-corrected chi connectivity index (χ0v) is 11.0. The van der Waals surface area contributed by atoms with Crippen LogP contribution >= 0.6 is 11.3 Å². The Hall–Kier alpha value is -1.88. The minimum absolute atomic E-state index is 0.0502. The summed E-state index contributed by atoms with van der Waals surface area (Å²) in [7, 11) is 0. The highest BCUT2D eigenvalue weighted by Crippen LogP contribution is 2.25. The number of pyridine rings is 1. The molecule has 0 fully saturated rings. The van der Waals surface area contributed by atoms with E-state index < -0.39 is 0 Å². The number of hydrogen-bond acceptors (Lipinski definition) is 4. The molecule has 1 N–H and O–H groups in total. The highest BCUT2D eigenvalue weighted by atomic mass is 32.1. The number of hydrogen-bond donors (Lipinski definition) is 1. The van der Waals surface area contributed by atoms with Gasteiger partial charge in [-0.05, 0) is 32.0 Å². The van der Waals surface area contributed by atoms with Crippen LogP contribution in [0.3, 0.4) is 0 Å². The second-order valence-corrected chi connectivity index (χ2v) is 5.37. The molecule has 4 nitrogen and oxygen atoms in total. The number of fused-ring (bicyclic) bond motifs is 3. The summed E-state index contributed by atoms with van der Waals surface area (Å²) in [6.45, 7) is 4.01. The molecule has 5 heteroatoms. The summed E-state index contributed by atoms with van der Waals surface area (Å²) in [6, 6.07) is 7.59. The lowest BCUT2D eigenvalue weighted by atomic mass is 10.2. The van der Waals surface area contributed by atoms with E-state index in [0.29, 0.717) is 0 Å². The fraction of sp³-hybridized carbons (Fsp3) is 0.231. The van der Waals surface area contributed by atoms with Crippen molar-refractivity contribution in [1.29, 1.82) is 0 Å². The maximum absolute atomic E-state index is 11.9. The van der Waals surface area contributed by atoms with Crippen molar-refractivity contribution in [2.24, 2.45) is 0 Å². The van der Waals surface area contributed by atoms with Gasteiger partial charge in [-0.2, -0.15) is 0 Å². The summed E-state index contributed by atoms with van der Waals surface area (Å²) < 4.78 is 2.73. The van der Waals surface area contributed by atoms with Gasteiger partial charge < -0.3 is 5.43 Å². The van der Waals surface area contributed by atoms with Crippen LogP contribution in [-0.4, -0.2) is 15.7 Å². The maximum atomic E-state index is 11.9. The van der Waals surface area contributed by atoms with E-state index in [1.807, 2.05) is 37.6 Å². The summed E-state index contributed by atoms with van der Waals surface area (Å²) in [5.41, 5.74) is 6.76. The standard InChI is InChI=1S/C13H13N3OS/c1-8(2)15-16-10-4-5-11-13(14-7-18-11)9(10)3-6-12(16)17/h3-8,15H,1-2H3. The summed E-state index contributed by atoms with van der Waals surface area (Å²) in [6.07, 6.45) is 0. The molecule has 3 aromatic rings. The molecule has 1 aromatic carbocycles. The van der Waals surface area contributed by atoms with E-state index in [9.17, 15) is 4.79 Å². The quantitative estimate of drug-likeness (QED) is 0.769. The summed E-state index contributed by atoms with van der Waals surface area (Å²) in [5.74, 6) is 0. The number of benzene rings is 1. The first-order chi connectivity index (χ1) is 8.66. The summed E-state index contributed by atoms with van der Waals surface area (Å²) in [5, 5.41) is 1.00. The predicted octanol–water partition coefficient (Wildman–Crippen LogP) is 2.56. The van der Waals surface area contributed by atoms with E-state index >= 15 is 0 Å². The number of rotatable bonds is 2. The molecule has 2 aromatic heterocycles. The average Bonchev–Trinajstić information content (AvgIpc) is 2.80. The van der Waals surface area contributed by atoms with Gasteiger partial charge in [0.1, 0.15) is 0 Å². The minimum atomic E-state index is -0.0502. The Morgan fingerprint density at radius 2 is 2.11 bits per heavy atom. The molecule has 0 radical (unpaired) electrons. The molecule has 0 aliphatic carbocycles. The lowest BCUT2D eigenvalue weighted by molar-refractivity contribution is 0.735. The molecule has 0 amide bonds. The molecule has 0 unspecified atom stereocenters. The molecule has 92 valence electrons. The minimum Gasteiger partial charge on any atom is -0.320 e. The first kappa shape index (κ1) is 11.2. The SMILES string of the molecule is CC(C)Nn1c(=O)ccc2c3ncsc3ccc21. The van der Waals surface area contributed by atoms with Gasteiger partial charge in [-0.15, -0.1) is 11.3 Å². The third-order valence-corrected chi connectivity index (χ3v) is 3.55. The van der Waals surface area contributed by atoms with E-state index in [1.165, 1.54) is 0 Å². The van der Waals surface area contributed by atoms with Crippen LogP contribution in [0.2, 0.25) is 0 Å². The fourth-order valence-electron chi connectivity index (χ4n) is 2.04. The van der Waals surface area contributed by atoms with Crippen molar-refractivity contribution in [3.63, 3.8) is 0 Å². The number of aromatic nitrogens is 2.